The molecule has 0 fully saturated rings. The summed E-state index contributed by atoms with van der Waals surface area (Å²) >= 11 is 0. The lowest BCUT2D eigenvalue weighted by Crippen LogP contribution is -1.74. The molecule has 44 valence electrons. The molecule has 0 saturated carbocycles. The molecule has 0 amide bonds. The smallest absolute Gasteiger partial charge is 0.0943 e. The summed E-state index contributed by atoms with van der Waals surface area (Å²) in [5.74, 6) is 0. The van der Waals surface area contributed by atoms with Gasteiger partial charge in [-0.25, -0.2) is 0 Å². The second-order valence-corrected chi connectivity index (χ2v) is 1.68. The first-order chi connectivity index (χ1) is 3.85. The summed E-state index contributed by atoms with van der Waals surface area (Å²) in [6, 6.07) is 2.11. The van der Waals surface area contributed by atoms with Gasteiger partial charge in [-0.1, -0.05) is 19.4 Å². The van der Waals surface area contributed by atoms with Crippen LogP contribution in [0.1, 0.15) is 26.7 Å². The third-order valence-electron chi connectivity index (χ3n) is 1.01. The van der Waals surface area contributed by atoms with Gasteiger partial charge in [0.05, 0.1) is 6.07 Å². The Morgan fingerprint density at radius 2 is 2.38 bits per heavy atom. The van der Waals surface area contributed by atoms with E-state index in [0.29, 0.717) is 0 Å². The molecular formula is C7H11N. The second kappa shape index (κ2) is 4.39. The largest absolute Gasteiger partial charge is 0.193 e. The highest BCUT2D eigenvalue weighted by Crippen LogP contribution is 2.00. The minimum atomic E-state index is 0.896. The van der Waals surface area contributed by atoms with E-state index in [0.717, 1.165) is 18.4 Å². The van der Waals surface area contributed by atoms with Crippen molar-refractivity contribution >= 4 is 0 Å². The fourth-order valence-electron chi connectivity index (χ4n) is 0.534. The molecular weight excluding hydrogens is 98.1 g/mol. The van der Waals surface area contributed by atoms with Crippen molar-refractivity contribution < 1.29 is 0 Å². The van der Waals surface area contributed by atoms with Crippen LogP contribution in [0.4, 0.5) is 0 Å². The Morgan fingerprint density at radius 1 is 1.75 bits per heavy atom. The van der Waals surface area contributed by atoms with Crippen molar-refractivity contribution in [2.45, 2.75) is 26.7 Å². The van der Waals surface area contributed by atoms with E-state index in [-0.39, 0.29) is 0 Å². The van der Waals surface area contributed by atoms with Crippen molar-refractivity contribution in [1.82, 2.24) is 0 Å². The van der Waals surface area contributed by atoms with Crippen LogP contribution in [-0.4, -0.2) is 0 Å². The average Bonchev–Trinajstić information content (AvgIpc) is 1.83. The van der Waals surface area contributed by atoms with Gasteiger partial charge in [-0.15, -0.1) is 0 Å². The Morgan fingerprint density at radius 3 is 2.50 bits per heavy atom. The summed E-state index contributed by atoms with van der Waals surface area (Å²) in [7, 11) is 0. The van der Waals surface area contributed by atoms with E-state index < -0.39 is 0 Å². The van der Waals surface area contributed by atoms with Gasteiger partial charge in [-0.3, -0.25) is 0 Å². The summed E-state index contributed by atoms with van der Waals surface area (Å²) in [6.07, 6.45) is 3.85. The molecule has 0 aromatic rings. The predicted molar refractivity (Wildman–Crippen MR) is 34.3 cm³/mol. The molecule has 0 heterocycles. The fraction of sp³-hybridized carbons (Fsp3) is 0.571. The molecule has 0 radical (unpaired) electrons. The maximum Gasteiger partial charge on any atom is 0.0943 e. The summed E-state index contributed by atoms with van der Waals surface area (Å²) in [5.41, 5.74) is 0.896. The number of hydrogen-bond donors (Lipinski definition) is 0. The van der Waals surface area contributed by atoms with Crippen LogP contribution in [0.2, 0.25) is 0 Å². The Hall–Kier alpha value is -0.770. The van der Waals surface area contributed by atoms with E-state index in [2.05, 4.69) is 13.0 Å². The van der Waals surface area contributed by atoms with Crippen molar-refractivity contribution in [2.75, 3.05) is 0 Å². The SMILES string of the molecule is CC=C(C#N)CCC. The molecule has 0 aliphatic rings. The highest BCUT2D eigenvalue weighted by molar-refractivity contribution is 5.18. The molecule has 0 aromatic carbocycles. The van der Waals surface area contributed by atoms with E-state index in [1.807, 2.05) is 13.0 Å². The lowest BCUT2D eigenvalue weighted by molar-refractivity contribution is 0.927. The Balaban J connectivity index is 3.60. The molecule has 0 atom stereocenters. The minimum absolute atomic E-state index is 0.896. The Kier molecular flexibility index (Phi) is 3.97. The lowest BCUT2D eigenvalue weighted by atomic mass is 10.2. The van der Waals surface area contributed by atoms with Crippen molar-refractivity contribution in [3.8, 4) is 6.07 Å². The van der Waals surface area contributed by atoms with Crippen LogP contribution < -0.4 is 0 Å². The first kappa shape index (κ1) is 7.23. The molecule has 0 spiro atoms. The fourth-order valence-corrected chi connectivity index (χ4v) is 0.534. The maximum absolute atomic E-state index is 8.34. The van der Waals surface area contributed by atoms with Gasteiger partial charge < -0.3 is 0 Å². The maximum atomic E-state index is 8.34. The molecule has 8 heavy (non-hydrogen) atoms. The van der Waals surface area contributed by atoms with E-state index in [1.54, 1.807) is 0 Å². The number of nitrogens with zero attached hydrogens (tertiary/aromatic N) is 1. The lowest BCUT2D eigenvalue weighted by Gasteiger charge is -1.87. The van der Waals surface area contributed by atoms with Gasteiger partial charge in [0.1, 0.15) is 0 Å². The zero-order valence-electron chi connectivity index (χ0n) is 5.44. The molecule has 0 saturated heterocycles. The minimum Gasteiger partial charge on any atom is -0.193 e. The van der Waals surface area contributed by atoms with Crippen molar-refractivity contribution in [3.63, 3.8) is 0 Å². The van der Waals surface area contributed by atoms with Crippen LogP contribution in [0.3, 0.4) is 0 Å². The van der Waals surface area contributed by atoms with Gasteiger partial charge in [0, 0.05) is 5.57 Å². The highest BCUT2D eigenvalue weighted by Gasteiger charge is 1.87. The van der Waals surface area contributed by atoms with Crippen molar-refractivity contribution in [1.29, 1.82) is 5.26 Å². The van der Waals surface area contributed by atoms with E-state index in [4.69, 9.17) is 5.26 Å². The number of nitriles is 1. The van der Waals surface area contributed by atoms with Crippen LogP contribution in [0.5, 0.6) is 0 Å². The van der Waals surface area contributed by atoms with E-state index >= 15 is 0 Å². The molecule has 1 nitrogen and oxygen atoms in total. The third kappa shape index (κ3) is 2.41. The van der Waals surface area contributed by atoms with Crippen LogP contribution in [0.15, 0.2) is 11.6 Å². The third-order valence-corrected chi connectivity index (χ3v) is 1.01. The molecule has 0 bridgehead atoms. The van der Waals surface area contributed by atoms with Gasteiger partial charge in [0.25, 0.3) is 0 Å². The Labute approximate surface area is 50.6 Å². The summed E-state index contributed by atoms with van der Waals surface area (Å²) in [4.78, 5) is 0. The molecule has 0 N–H and O–H groups in total. The van der Waals surface area contributed by atoms with Crippen molar-refractivity contribution in [2.24, 2.45) is 0 Å². The summed E-state index contributed by atoms with van der Waals surface area (Å²) in [5, 5.41) is 8.34. The van der Waals surface area contributed by atoms with E-state index in [9.17, 15) is 0 Å². The molecule has 0 unspecified atom stereocenters. The van der Waals surface area contributed by atoms with Crippen LogP contribution in [0, 0.1) is 11.3 Å². The second-order valence-electron chi connectivity index (χ2n) is 1.68. The first-order valence-electron chi connectivity index (χ1n) is 2.90. The van der Waals surface area contributed by atoms with Crippen molar-refractivity contribution in [3.05, 3.63) is 11.6 Å². The molecule has 1 heteroatoms. The van der Waals surface area contributed by atoms with Crippen LogP contribution in [0.25, 0.3) is 0 Å². The molecule has 0 aromatic heterocycles. The molecule has 0 aliphatic carbocycles. The summed E-state index contributed by atoms with van der Waals surface area (Å²) in [6.45, 7) is 3.97. The zero-order chi connectivity index (χ0) is 6.41. The number of allylic oxidation sites excluding steroid dienone is 2. The van der Waals surface area contributed by atoms with Gasteiger partial charge in [0.15, 0.2) is 0 Å². The van der Waals surface area contributed by atoms with E-state index in [1.165, 1.54) is 0 Å². The first-order valence-corrected chi connectivity index (χ1v) is 2.90. The average molecular weight is 109 g/mol. The highest BCUT2D eigenvalue weighted by atomic mass is 14.2. The summed E-state index contributed by atoms with van der Waals surface area (Å²) < 4.78 is 0. The molecule has 0 aliphatic heterocycles. The van der Waals surface area contributed by atoms with Crippen LogP contribution >= 0.6 is 0 Å². The normalized spacial score (nSPS) is 10.9. The zero-order valence-corrected chi connectivity index (χ0v) is 5.44. The van der Waals surface area contributed by atoms with Gasteiger partial charge in [-0.2, -0.15) is 5.26 Å². The number of hydrogen-bond acceptors (Lipinski definition) is 1. The number of rotatable bonds is 2. The van der Waals surface area contributed by atoms with Gasteiger partial charge in [0.2, 0.25) is 0 Å². The quantitative estimate of drug-likeness (QED) is 0.499. The monoisotopic (exact) mass is 109 g/mol. The molecule has 0 rings (SSSR count). The standard InChI is InChI=1S/C7H11N/c1-3-5-7(4-2)6-8/h4H,3,5H2,1-2H3. The predicted octanol–water partition coefficient (Wildman–Crippen LogP) is 2.26. The van der Waals surface area contributed by atoms with Crippen LogP contribution in [-0.2, 0) is 0 Å². The van der Waals surface area contributed by atoms with Gasteiger partial charge >= 0.3 is 0 Å². The van der Waals surface area contributed by atoms with Gasteiger partial charge in [-0.05, 0) is 13.3 Å². The topological polar surface area (TPSA) is 23.8 Å². The Bertz CT molecular complexity index is 117.